The first-order valence-electron chi connectivity index (χ1n) is 16.2. The normalized spacial score (nSPS) is 19.8. The third-order valence-corrected chi connectivity index (χ3v) is 10.1. The highest BCUT2D eigenvalue weighted by Gasteiger charge is 2.29. The number of hydrogen-bond acceptors (Lipinski definition) is 5. The first-order valence-corrected chi connectivity index (χ1v) is 16.2. The van der Waals surface area contributed by atoms with E-state index in [1.165, 1.54) is 61.7 Å². The van der Waals surface area contributed by atoms with E-state index in [0.29, 0.717) is 18.4 Å². The van der Waals surface area contributed by atoms with E-state index in [9.17, 15) is 4.79 Å². The minimum absolute atomic E-state index is 0.318. The number of nitrogens with one attached hydrogen (secondary N) is 1. The highest BCUT2D eigenvalue weighted by molar-refractivity contribution is 5.91. The molecule has 0 unspecified atom stereocenters. The number of amides is 1. The average molecular weight is 573 g/mol. The molecule has 7 heteroatoms. The molecule has 2 aromatic carbocycles. The van der Waals surface area contributed by atoms with Crippen LogP contribution in [0.25, 0.3) is 22.2 Å². The van der Waals surface area contributed by atoms with E-state index in [4.69, 9.17) is 9.47 Å². The molecule has 0 bridgehead atoms. The topological polar surface area (TPSA) is 61.0 Å². The number of aromatic amines is 1. The summed E-state index contributed by atoms with van der Waals surface area (Å²) < 4.78 is 11.0. The maximum absolute atomic E-state index is 13.2. The number of rotatable bonds is 8. The second kappa shape index (κ2) is 13.1. The first-order chi connectivity index (χ1) is 20.6. The van der Waals surface area contributed by atoms with Gasteiger partial charge in [-0.25, -0.2) is 0 Å². The second-order valence-electron chi connectivity index (χ2n) is 12.5. The van der Waals surface area contributed by atoms with Crippen molar-refractivity contribution in [3.63, 3.8) is 0 Å². The zero-order chi connectivity index (χ0) is 29.1. The van der Waals surface area contributed by atoms with Crippen molar-refractivity contribution in [3.8, 4) is 22.8 Å². The number of aromatic nitrogens is 1. The molecule has 42 heavy (non-hydrogen) atoms. The number of nitrogens with zero attached hydrogens (tertiary/aromatic N) is 3. The summed E-state index contributed by atoms with van der Waals surface area (Å²) in [6.45, 7) is 9.19. The monoisotopic (exact) mass is 572 g/mol. The highest BCUT2D eigenvalue weighted by atomic mass is 16.5. The van der Waals surface area contributed by atoms with Crippen molar-refractivity contribution in [2.75, 3.05) is 60.0 Å². The molecule has 0 aliphatic carbocycles. The van der Waals surface area contributed by atoms with Crippen molar-refractivity contribution >= 4 is 16.8 Å². The Morgan fingerprint density at radius 3 is 2.29 bits per heavy atom. The summed E-state index contributed by atoms with van der Waals surface area (Å²) in [5.74, 6) is 2.28. The summed E-state index contributed by atoms with van der Waals surface area (Å²) in [6.07, 6.45) is 9.53. The predicted octanol–water partition coefficient (Wildman–Crippen LogP) is 6.07. The number of H-pyrrole nitrogens is 1. The molecule has 226 valence electrons. The Hall–Kier alpha value is -3.03. The predicted molar refractivity (Wildman–Crippen MR) is 170 cm³/mol. The van der Waals surface area contributed by atoms with Crippen molar-refractivity contribution in [3.05, 3.63) is 47.5 Å². The lowest BCUT2D eigenvalue weighted by atomic mass is 9.88. The summed E-state index contributed by atoms with van der Waals surface area (Å²) in [7, 11) is 3.34. The Labute approximate surface area is 251 Å². The van der Waals surface area contributed by atoms with Crippen LogP contribution in [0.5, 0.6) is 11.5 Å². The lowest BCUT2D eigenvalue weighted by molar-refractivity contribution is -0.133. The van der Waals surface area contributed by atoms with Crippen LogP contribution < -0.4 is 9.47 Å². The van der Waals surface area contributed by atoms with Gasteiger partial charge < -0.3 is 24.3 Å². The Morgan fingerprint density at radius 1 is 0.857 bits per heavy atom. The third kappa shape index (κ3) is 6.04. The Morgan fingerprint density at radius 2 is 1.60 bits per heavy atom. The molecule has 3 fully saturated rings. The summed E-state index contributed by atoms with van der Waals surface area (Å²) in [5, 5.41) is 1.30. The van der Waals surface area contributed by atoms with Crippen LogP contribution in [0, 0.1) is 0 Å². The van der Waals surface area contributed by atoms with Gasteiger partial charge in [-0.2, -0.15) is 0 Å². The van der Waals surface area contributed by atoms with E-state index >= 15 is 0 Å². The van der Waals surface area contributed by atoms with Crippen LogP contribution in [-0.4, -0.2) is 91.7 Å². The van der Waals surface area contributed by atoms with Crippen LogP contribution in [0.2, 0.25) is 0 Å². The zero-order valence-corrected chi connectivity index (χ0v) is 25.8. The molecular formula is C35H48N4O3. The van der Waals surface area contributed by atoms with E-state index in [1.54, 1.807) is 14.2 Å². The number of benzene rings is 2. The van der Waals surface area contributed by atoms with Crippen molar-refractivity contribution in [2.45, 2.75) is 70.3 Å². The third-order valence-electron chi connectivity index (χ3n) is 10.1. The summed E-state index contributed by atoms with van der Waals surface area (Å²) >= 11 is 0. The fourth-order valence-corrected chi connectivity index (χ4v) is 7.60. The molecule has 3 saturated heterocycles. The number of fused-ring (bicyclic) bond motifs is 1. The summed E-state index contributed by atoms with van der Waals surface area (Å²) in [5.41, 5.74) is 6.13. The number of ether oxygens (including phenoxy) is 2. The Kier molecular flexibility index (Phi) is 9.06. The summed E-state index contributed by atoms with van der Waals surface area (Å²) in [6, 6.07) is 13.8. The lowest BCUT2D eigenvalue weighted by Gasteiger charge is -2.40. The number of hydrogen-bond donors (Lipinski definition) is 1. The molecule has 0 saturated carbocycles. The average Bonchev–Trinajstić information content (AvgIpc) is 3.43. The van der Waals surface area contributed by atoms with E-state index < -0.39 is 0 Å². The quantitative estimate of drug-likeness (QED) is 0.355. The maximum atomic E-state index is 13.2. The van der Waals surface area contributed by atoms with Crippen LogP contribution >= 0.6 is 0 Å². The molecule has 1 N–H and O–H groups in total. The van der Waals surface area contributed by atoms with Gasteiger partial charge >= 0.3 is 0 Å². The van der Waals surface area contributed by atoms with Gasteiger partial charge in [-0.15, -0.1) is 0 Å². The van der Waals surface area contributed by atoms with Crippen LogP contribution in [0.1, 0.15) is 68.9 Å². The number of carbonyl (C=O) groups excluding carboxylic acids is 1. The molecule has 7 nitrogen and oxygen atoms in total. The second-order valence-corrected chi connectivity index (χ2v) is 12.5. The molecule has 3 aliphatic heterocycles. The Balaban J connectivity index is 1.07. The van der Waals surface area contributed by atoms with Gasteiger partial charge in [0.25, 0.3) is 0 Å². The smallest absolute Gasteiger partial charge is 0.236 e. The molecule has 1 aromatic heterocycles. The zero-order valence-electron chi connectivity index (χ0n) is 25.8. The van der Waals surface area contributed by atoms with Crippen LogP contribution in [0.3, 0.4) is 0 Å². The van der Waals surface area contributed by atoms with E-state index in [0.717, 1.165) is 79.8 Å². The number of aryl methyl sites for hydroxylation is 1. The van der Waals surface area contributed by atoms with Gasteiger partial charge in [0.05, 0.1) is 20.8 Å². The van der Waals surface area contributed by atoms with Gasteiger partial charge in [0.2, 0.25) is 5.91 Å². The fourth-order valence-electron chi connectivity index (χ4n) is 7.60. The number of piperidine rings is 3. The number of methoxy groups -OCH3 is 2. The van der Waals surface area contributed by atoms with Crippen LogP contribution in [0.4, 0.5) is 0 Å². The molecule has 0 atom stereocenters. The van der Waals surface area contributed by atoms with Crippen LogP contribution in [0.15, 0.2) is 36.4 Å². The van der Waals surface area contributed by atoms with E-state index in [-0.39, 0.29) is 0 Å². The molecular weight excluding hydrogens is 524 g/mol. The van der Waals surface area contributed by atoms with Gasteiger partial charge in [-0.3, -0.25) is 9.69 Å². The maximum Gasteiger partial charge on any atom is 0.236 e. The van der Waals surface area contributed by atoms with Crippen molar-refractivity contribution in [1.29, 1.82) is 0 Å². The largest absolute Gasteiger partial charge is 0.493 e. The van der Waals surface area contributed by atoms with Gasteiger partial charge in [-0.1, -0.05) is 19.4 Å². The highest BCUT2D eigenvalue weighted by Crippen LogP contribution is 2.38. The molecule has 4 heterocycles. The van der Waals surface area contributed by atoms with E-state index in [1.807, 2.05) is 12.1 Å². The molecule has 3 aliphatic rings. The standard InChI is InChI=1S/C35H48N4O3/c1-4-29-30-22-26(8-10-31(30)36-35(29)27-9-11-32(41-2)33(23-27)42-3)25-12-20-39(21-13-25)34(40)24-37-18-14-28(15-19-37)38-16-6-5-7-17-38/h8-11,22-23,25,28,36H,4-7,12-21,24H2,1-3H3. The van der Waals surface area contributed by atoms with Gasteiger partial charge in [0, 0.05) is 54.4 Å². The van der Waals surface area contributed by atoms with E-state index in [2.05, 4.69) is 50.9 Å². The molecule has 1 amide bonds. The first kappa shape index (κ1) is 29.1. The SMILES string of the molecule is CCc1c(-c2ccc(OC)c(OC)c2)[nH]c2ccc(C3CCN(C(=O)CN4CCC(N5CCCCC5)CC4)CC3)cc12. The Bertz CT molecular complexity index is 1360. The van der Waals surface area contributed by atoms with Gasteiger partial charge in [0.15, 0.2) is 11.5 Å². The lowest BCUT2D eigenvalue weighted by Crippen LogP contribution is -2.50. The van der Waals surface area contributed by atoms with Gasteiger partial charge in [-0.05, 0) is 105 Å². The summed E-state index contributed by atoms with van der Waals surface area (Å²) in [4.78, 5) is 24.1. The van der Waals surface area contributed by atoms with Crippen molar-refractivity contribution in [1.82, 2.24) is 19.7 Å². The minimum Gasteiger partial charge on any atom is -0.493 e. The van der Waals surface area contributed by atoms with Crippen molar-refractivity contribution in [2.24, 2.45) is 0 Å². The molecule has 0 radical (unpaired) electrons. The number of carbonyl (C=O) groups is 1. The minimum atomic E-state index is 0.318. The van der Waals surface area contributed by atoms with Crippen molar-refractivity contribution < 1.29 is 14.3 Å². The molecule has 0 spiro atoms. The molecule has 3 aromatic rings. The fraction of sp³-hybridized carbons (Fsp3) is 0.571. The van der Waals surface area contributed by atoms with Crippen LogP contribution in [-0.2, 0) is 11.2 Å². The van der Waals surface area contributed by atoms with Gasteiger partial charge in [0.1, 0.15) is 0 Å². The number of likely N-dealkylation sites (tertiary alicyclic amines) is 3. The molecule has 6 rings (SSSR count).